The number of hydrogen-bond donors (Lipinski definition) is 1. The first kappa shape index (κ1) is 24.6. The molecule has 1 aliphatic heterocycles. The summed E-state index contributed by atoms with van der Waals surface area (Å²) < 4.78 is 13.2. The second-order valence-electron chi connectivity index (χ2n) is 9.22. The maximum absolute atomic E-state index is 14.0. The monoisotopic (exact) mass is 541 g/mol. The normalized spacial score (nSPS) is 16.2. The summed E-state index contributed by atoms with van der Waals surface area (Å²) in [4.78, 5) is 30.2. The van der Waals surface area contributed by atoms with Gasteiger partial charge < -0.3 is 14.6 Å². The van der Waals surface area contributed by atoms with Gasteiger partial charge in [0.25, 0.3) is 11.2 Å². The summed E-state index contributed by atoms with van der Waals surface area (Å²) in [5.74, 6) is 1.08. The van der Waals surface area contributed by atoms with Crippen LogP contribution < -0.4 is 24.4 Å². The smallest absolute Gasteiger partial charge is 0.271 e. The minimum atomic E-state index is -0.543. The molecule has 1 aliphatic carbocycles. The number of thiazole rings is 1. The number of hydrogen-bond acceptors (Lipinski definition) is 8. The van der Waals surface area contributed by atoms with E-state index in [1.54, 1.807) is 18.8 Å². The van der Waals surface area contributed by atoms with Gasteiger partial charge in [0.15, 0.2) is 4.80 Å². The van der Waals surface area contributed by atoms with E-state index in [2.05, 4.69) is 6.07 Å². The van der Waals surface area contributed by atoms with Crippen LogP contribution in [0.15, 0.2) is 76.0 Å². The second-order valence-corrected chi connectivity index (χ2v) is 10.2. The molecule has 0 saturated carbocycles. The number of non-ortho nitro benzene ring substituents is 1. The zero-order valence-electron chi connectivity index (χ0n) is 21.1. The Morgan fingerprint density at radius 3 is 2.69 bits per heavy atom. The maximum Gasteiger partial charge on any atom is 0.271 e. The van der Waals surface area contributed by atoms with Crippen molar-refractivity contribution in [1.82, 2.24) is 4.57 Å². The Labute approximate surface area is 226 Å². The van der Waals surface area contributed by atoms with Gasteiger partial charge in [0.05, 0.1) is 35.4 Å². The van der Waals surface area contributed by atoms with Crippen molar-refractivity contribution in [2.24, 2.45) is 4.99 Å². The van der Waals surface area contributed by atoms with Gasteiger partial charge in [0.1, 0.15) is 17.2 Å². The Hall–Kier alpha value is -4.70. The fourth-order valence-electron chi connectivity index (χ4n) is 5.26. The average molecular weight is 542 g/mol. The summed E-state index contributed by atoms with van der Waals surface area (Å²) in [5.41, 5.74) is 4.50. The lowest BCUT2D eigenvalue weighted by Gasteiger charge is -2.31. The fourth-order valence-corrected chi connectivity index (χ4v) is 6.26. The molecule has 0 unspecified atom stereocenters. The van der Waals surface area contributed by atoms with E-state index >= 15 is 0 Å². The van der Waals surface area contributed by atoms with E-state index in [0.717, 1.165) is 28.8 Å². The number of aryl methyl sites for hydroxylation is 1. The molecule has 2 heterocycles. The first-order valence-corrected chi connectivity index (χ1v) is 13.0. The van der Waals surface area contributed by atoms with Crippen LogP contribution in [0.25, 0.3) is 11.8 Å². The molecule has 0 spiro atoms. The molecule has 4 aromatic rings. The van der Waals surface area contributed by atoms with E-state index in [0.29, 0.717) is 27.3 Å². The zero-order valence-corrected chi connectivity index (χ0v) is 21.9. The molecule has 6 rings (SSSR count). The molecule has 10 heteroatoms. The Bertz CT molecular complexity index is 1870. The molecular formula is C29H23N3O6S. The highest BCUT2D eigenvalue weighted by Gasteiger charge is 2.34. The van der Waals surface area contributed by atoms with Gasteiger partial charge in [-0.25, -0.2) is 4.99 Å². The fraction of sp³-hybridized carbons (Fsp3) is 0.172. The Morgan fingerprint density at radius 2 is 1.92 bits per heavy atom. The van der Waals surface area contributed by atoms with Crippen molar-refractivity contribution in [2.45, 2.75) is 18.9 Å². The highest BCUT2D eigenvalue weighted by atomic mass is 32.1. The number of aromatic nitrogens is 1. The van der Waals surface area contributed by atoms with E-state index in [1.807, 2.05) is 36.4 Å². The molecule has 196 valence electrons. The van der Waals surface area contributed by atoms with Crippen molar-refractivity contribution in [3.8, 4) is 17.2 Å². The molecule has 0 radical (unpaired) electrons. The first-order valence-electron chi connectivity index (χ1n) is 12.2. The topological polar surface area (TPSA) is 116 Å². The number of phenols is 1. The first-order chi connectivity index (χ1) is 18.9. The highest BCUT2D eigenvalue weighted by molar-refractivity contribution is 7.07. The largest absolute Gasteiger partial charge is 0.507 e. The number of nitrogens with zero attached hydrogens (tertiary/aromatic N) is 3. The highest BCUT2D eigenvalue weighted by Crippen LogP contribution is 2.44. The van der Waals surface area contributed by atoms with Crippen molar-refractivity contribution < 1.29 is 19.5 Å². The van der Waals surface area contributed by atoms with Gasteiger partial charge in [-0.15, -0.1) is 0 Å². The van der Waals surface area contributed by atoms with E-state index in [1.165, 1.54) is 41.2 Å². The number of methoxy groups -OCH3 is 2. The van der Waals surface area contributed by atoms with Crippen LogP contribution in [0, 0.1) is 10.1 Å². The Balaban J connectivity index is 1.65. The zero-order chi connectivity index (χ0) is 27.3. The van der Waals surface area contributed by atoms with Crippen molar-refractivity contribution >= 4 is 28.8 Å². The standard InChI is InChI=1S/C29H23N3O6S/c1-37-19-9-12-24(38-2)22(15-19)27-21-10-7-16-5-3-4-6-20(16)26(21)30-29-31(27)28(34)25(39-29)14-17-13-18(32(35)36)8-11-23(17)33/h3-6,8-9,11-15,27,33H,7,10H2,1-2H3/b25-14+/t27-/m0/s1. The van der Waals surface area contributed by atoms with Crippen molar-refractivity contribution in [3.05, 3.63) is 118 Å². The minimum Gasteiger partial charge on any atom is -0.507 e. The van der Waals surface area contributed by atoms with Crippen LogP contribution >= 0.6 is 11.3 Å². The average Bonchev–Trinajstić information content (AvgIpc) is 3.26. The molecule has 1 atom stereocenters. The van der Waals surface area contributed by atoms with Gasteiger partial charge in [-0.05, 0) is 54.3 Å². The lowest BCUT2D eigenvalue weighted by Crippen LogP contribution is -2.39. The Kier molecular flexibility index (Phi) is 6.03. The van der Waals surface area contributed by atoms with Gasteiger partial charge in [0, 0.05) is 28.8 Å². The van der Waals surface area contributed by atoms with Crippen molar-refractivity contribution in [2.75, 3.05) is 14.2 Å². The van der Waals surface area contributed by atoms with E-state index in [4.69, 9.17) is 14.5 Å². The predicted octanol–water partition coefficient (Wildman–Crippen LogP) is 3.95. The number of benzene rings is 3. The Morgan fingerprint density at radius 1 is 1.10 bits per heavy atom. The van der Waals surface area contributed by atoms with Crippen LogP contribution in [0.2, 0.25) is 0 Å². The van der Waals surface area contributed by atoms with Crippen LogP contribution in [-0.4, -0.2) is 28.8 Å². The van der Waals surface area contributed by atoms with Gasteiger partial charge in [-0.1, -0.05) is 35.6 Å². The summed E-state index contributed by atoms with van der Waals surface area (Å²) >= 11 is 1.17. The molecule has 0 saturated heterocycles. The second kappa shape index (κ2) is 9.55. The summed E-state index contributed by atoms with van der Waals surface area (Å²) in [6.45, 7) is 0. The molecule has 0 bridgehead atoms. The third-order valence-electron chi connectivity index (χ3n) is 7.11. The number of allylic oxidation sites excluding steroid dienone is 1. The molecule has 1 N–H and O–H groups in total. The van der Waals surface area contributed by atoms with Crippen LogP contribution in [0.5, 0.6) is 17.2 Å². The molecule has 0 fully saturated rings. The number of nitro benzene ring substituents is 1. The molecule has 3 aromatic carbocycles. The van der Waals surface area contributed by atoms with Gasteiger partial charge in [0.2, 0.25) is 0 Å². The van der Waals surface area contributed by atoms with Crippen molar-refractivity contribution in [1.29, 1.82) is 0 Å². The summed E-state index contributed by atoms with van der Waals surface area (Å²) in [6, 6.07) is 16.8. The molecule has 0 amide bonds. The number of phenolic OH excluding ortho intramolecular Hbond substituents is 1. The van der Waals surface area contributed by atoms with Crippen LogP contribution in [0.3, 0.4) is 0 Å². The minimum absolute atomic E-state index is 0.161. The van der Waals surface area contributed by atoms with Gasteiger partial charge in [-0.3, -0.25) is 19.5 Å². The third kappa shape index (κ3) is 4.09. The molecular weight excluding hydrogens is 518 g/mol. The van der Waals surface area contributed by atoms with Crippen molar-refractivity contribution in [3.63, 3.8) is 0 Å². The van der Waals surface area contributed by atoms with E-state index < -0.39 is 11.0 Å². The number of fused-ring (bicyclic) bond motifs is 3. The van der Waals surface area contributed by atoms with Crippen LogP contribution in [0.4, 0.5) is 5.69 Å². The number of ether oxygens (including phenoxy) is 2. The number of rotatable bonds is 5. The summed E-state index contributed by atoms with van der Waals surface area (Å²) in [6.07, 6.45) is 2.98. The van der Waals surface area contributed by atoms with Crippen LogP contribution in [-0.2, 0) is 6.42 Å². The van der Waals surface area contributed by atoms with E-state index in [-0.39, 0.29) is 22.6 Å². The van der Waals surface area contributed by atoms with Crippen LogP contribution in [0.1, 0.15) is 34.7 Å². The molecule has 1 aromatic heterocycles. The lowest BCUT2D eigenvalue weighted by molar-refractivity contribution is -0.384. The van der Waals surface area contributed by atoms with Gasteiger partial charge >= 0.3 is 0 Å². The third-order valence-corrected chi connectivity index (χ3v) is 8.10. The lowest BCUT2D eigenvalue weighted by atomic mass is 9.83. The number of nitro groups is 1. The molecule has 39 heavy (non-hydrogen) atoms. The number of aromatic hydroxyl groups is 1. The molecule has 9 nitrogen and oxygen atoms in total. The predicted molar refractivity (Wildman–Crippen MR) is 147 cm³/mol. The summed E-state index contributed by atoms with van der Waals surface area (Å²) in [5, 5.41) is 21.7. The van der Waals surface area contributed by atoms with E-state index in [9.17, 15) is 20.0 Å². The SMILES string of the molecule is COc1ccc(OC)c([C@@H]2C3=C(N=c4s/c(=C/c5cc([N+](=O)[O-])ccc5O)c(=O)n42)c2ccccc2CC3)c1. The molecule has 2 aliphatic rings. The van der Waals surface area contributed by atoms with Gasteiger partial charge in [-0.2, -0.15) is 0 Å². The quantitative estimate of drug-likeness (QED) is 0.302. The summed E-state index contributed by atoms with van der Waals surface area (Å²) in [7, 11) is 3.18. The maximum atomic E-state index is 14.0.